The molecule has 0 radical (unpaired) electrons. The molecule has 4 unspecified atom stereocenters. The van der Waals surface area contributed by atoms with E-state index in [0.717, 1.165) is 87.2 Å². The van der Waals surface area contributed by atoms with Crippen molar-refractivity contribution in [1.82, 2.24) is 15.2 Å². The molecule has 6 heteroatoms. The highest BCUT2D eigenvalue weighted by atomic mass is 16.3. The molecule has 6 nitrogen and oxygen atoms in total. The van der Waals surface area contributed by atoms with E-state index in [1.807, 2.05) is 6.07 Å². The Hall–Kier alpha value is -7.41. The minimum atomic E-state index is -0.278. The Morgan fingerprint density at radius 3 is 2.06 bits per heavy atom. The highest BCUT2D eigenvalue weighted by Crippen LogP contribution is 2.44. The van der Waals surface area contributed by atoms with Crippen molar-refractivity contribution in [2.45, 2.75) is 38.0 Å². The first kappa shape index (κ1) is 36.3. The van der Waals surface area contributed by atoms with Crippen LogP contribution in [0.15, 0.2) is 201 Å². The van der Waals surface area contributed by atoms with Crippen molar-refractivity contribution in [2.24, 2.45) is 16.8 Å². The Morgan fingerprint density at radius 2 is 1.25 bits per heavy atom. The number of allylic oxidation sites excluding steroid dienone is 2. The summed E-state index contributed by atoms with van der Waals surface area (Å²) >= 11 is 0. The maximum atomic E-state index is 6.42. The third-order valence-corrected chi connectivity index (χ3v) is 13.8. The highest BCUT2D eigenvalue weighted by Gasteiger charge is 2.34. The van der Waals surface area contributed by atoms with Crippen LogP contribution < -0.4 is 10.6 Å². The van der Waals surface area contributed by atoms with E-state index in [0.29, 0.717) is 5.92 Å². The summed E-state index contributed by atoms with van der Waals surface area (Å²) in [7, 11) is 0. The summed E-state index contributed by atoms with van der Waals surface area (Å²) in [6.45, 7) is 0. The minimum absolute atomic E-state index is 0.250. The van der Waals surface area contributed by atoms with E-state index < -0.39 is 0 Å². The molecule has 0 saturated carbocycles. The van der Waals surface area contributed by atoms with Gasteiger partial charge in [0.05, 0.1) is 16.7 Å². The molecule has 3 aliphatic rings. The van der Waals surface area contributed by atoms with Crippen LogP contribution in [0.25, 0.3) is 66.0 Å². The standard InChI is InChI=1S/C57H44N4O2/c1-2-14-35(15-3-1)55-58-56(60-57(59-55)45-20-6-11-23-50(45)61-48-21-9-4-16-41(48)42-17-5-10-22-49(42)61)40-31-38(36-26-28-53-46(33-36)43-18-7-12-24-51(43)62-53)30-39(32-40)37-27-29-54-47(34-37)44-19-8-13-25-52(44)63-54/h1-26,28,31-33,37,39,55,57,59H,27,29-30,34H2,(H,58,60). The summed E-state index contributed by atoms with van der Waals surface area (Å²) < 4.78 is 15.1. The Morgan fingerprint density at radius 1 is 0.587 bits per heavy atom. The van der Waals surface area contributed by atoms with Gasteiger partial charge in [-0.25, -0.2) is 4.99 Å². The fraction of sp³-hybridized carbons (Fsp3) is 0.140. The molecule has 2 aliphatic carbocycles. The summed E-state index contributed by atoms with van der Waals surface area (Å²) in [5.74, 6) is 2.78. The zero-order chi connectivity index (χ0) is 41.4. The first-order valence-electron chi connectivity index (χ1n) is 22.3. The van der Waals surface area contributed by atoms with E-state index in [1.54, 1.807) is 0 Å². The highest BCUT2D eigenvalue weighted by molar-refractivity contribution is 6.10. The number of hydrogen-bond acceptors (Lipinski definition) is 5. The molecule has 63 heavy (non-hydrogen) atoms. The van der Waals surface area contributed by atoms with Crippen molar-refractivity contribution in [3.05, 3.63) is 216 Å². The van der Waals surface area contributed by atoms with Gasteiger partial charge < -0.3 is 18.7 Å². The number of aromatic nitrogens is 1. The molecule has 10 aromatic rings. The van der Waals surface area contributed by atoms with Gasteiger partial charge in [-0.3, -0.25) is 5.32 Å². The Labute approximate surface area is 364 Å². The lowest BCUT2D eigenvalue weighted by atomic mass is 9.73. The number of nitrogens with one attached hydrogen (secondary N) is 2. The second-order valence-electron chi connectivity index (χ2n) is 17.4. The molecule has 304 valence electrons. The molecule has 2 N–H and O–H groups in total. The molecule has 0 saturated heterocycles. The van der Waals surface area contributed by atoms with Crippen molar-refractivity contribution in [3.8, 4) is 5.69 Å². The van der Waals surface area contributed by atoms with Crippen LogP contribution >= 0.6 is 0 Å². The number of benzene rings is 7. The summed E-state index contributed by atoms with van der Waals surface area (Å²) in [6, 6.07) is 60.6. The summed E-state index contributed by atoms with van der Waals surface area (Å²) in [6.07, 6.45) is 8.35. The molecule has 0 bridgehead atoms. The molecule has 0 amide bonds. The van der Waals surface area contributed by atoms with Gasteiger partial charge in [-0.1, -0.05) is 133 Å². The van der Waals surface area contributed by atoms with Gasteiger partial charge >= 0.3 is 0 Å². The number of amidine groups is 1. The van der Waals surface area contributed by atoms with Crippen LogP contribution in [0.4, 0.5) is 0 Å². The van der Waals surface area contributed by atoms with Crippen LogP contribution in [0, 0.1) is 11.8 Å². The molecule has 0 spiro atoms. The molecule has 0 fully saturated rings. The van der Waals surface area contributed by atoms with Crippen LogP contribution in [0.1, 0.15) is 53.2 Å². The first-order chi connectivity index (χ1) is 31.2. The summed E-state index contributed by atoms with van der Waals surface area (Å²) in [4.78, 5) is 5.55. The summed E-state index contributed by atoms with van der Waals surface area (Å²) in [5.41, 5.74) is 13.6. The fourth-order valence-electron chi connectivity index (χ4n) is 10.8. The van der Waals surface area contributed by atoms with Crippen molar-refractivity contribution in [2.75, 3.05) is 0 Å². The maximum absolute atomic E-state index is 6.42. The van der Waals surface area contributed by atoms with Gasteiger partial charge in [-0.15, -0.1) is 0 Å². The normalized spacial score (nSPS) is 20.2. The predicted molar refractivity (Wildman–Crippen MR) is 256 cm³/mol. The smallest absolute Gasteiger partial charge is 0.135 e. The van der Waals surface area contributed by atoms with E-state index in [-0.39, 0.29) is 18.2 Å². The number of furan rings is 2. The molecule has 3 aromatic heterocycles. The lowest BCUT2D eigenvalue weighted by molar-refractivity contribution is 0.335. The largest absolute Gasteiger partial charge is 0.461 e. The molecule has 4 heterocycles. The van der Waals surface area contributed by atoms with E-state index >= 15 is 0 Å². The number of nitrogens with zero attached hydrogens (tertiary/aromatic N) is 2. The maximum Gasteiger partial charge on any atom is 0.135 e. The van der Waals surface area contributed by atoms with E-state index in [1.165, 1.54) is 43.9 Å². The second-order valence-corrected chi connectivity index (χ2v) is 17.4. The molecule has 13 rings (SSSR count). The van der Waals surface area contributed by atoms with Crippen molar-refractivity contribution >= 4 is 66.1 Å². The van der Waals surface area contributed by atoms with E-state index in [2.05, 4.69) is 191 Å². The van der Waals surface area contributed by atoms with Crippen molar-refractivity contribution in [3.63, 3.8) is 0 Å². The SMILES string of the molecule is C1=C(C2=NC(c3ccccc3)NC(c3ccccc3-n3c4ccccc4c4ccccc43)N2)C=C(c2ccc3oc4ccccc4c3c2)CC1C1CCc2oc3ccccc3c2C1. The number of fused-ring (bicyclic) bond motifs is 9. The topological polar surface area (TPSA) is 67.6 Å². The van der Waals surface area contributed by atoms with E-state index in [4.69, 9.17) is 13.8 Å². The van der Waals surface area contributed by atoms with Gasteiger partial charge in [0.25, 0.3) is 0 Å². The van der Waals surface area contributed by atoms with Crippen LogP contribution in [0.3, 0.4) is 0 Å². The zero-order valence-electron chi connectivity index (χ0n) is 34.7. The van der Waals surface area contributed by atoms with Gasteiger partial charge in [-0.05, 0) is 96.3 Å². The molecule has 1 aliphatic heterocycles. The van der Waals surface area contributed by atoms with Gasteiger partial charge in [0, 0.05) is 50.1 Å². The van der Waals surface area contributed by atoms with Gasteiger partial charge in [0.2, 0.25) is 0 Å². The quantitative estimate of drug-likeness (QED) is 0.175. The third-order valence-electron chi connectivity index (χ3n) is 13.8. The molecular formula is C57H44N4O2. The average molecular weight is 817 g/mol. The van der Waals surface area contributed by atoms with Crippen LogP contribution in [-0.4, -0.2) is 10.4 Å². The number of aryl methyl sites for hydroxylation is 1. The van der Waals surface area contributed by atoms with E-state index in [9.17, 15) is 0 Å². The second kappa shape index (κ2) is 14.6. The monoisotopic (exact) mass is 816 g/mol. The molecular weight excluding hydrogens is 773 g/mol. The Bertz CT molecular complexity index is 3460. The first-order valence-corrected chi connectivity index (χ1v) is 22.3. The van der Waals surface area contributed by atoms with Crippen molar-refractivity contribution in [1.29, 1.82) is 0 Å². The van der Waals surface area contributed by atoms with Crippen LogP contribution in [-0.2, 0) is 12.8 Å². The number of para-hydroxylation sites is 5. The minimum Gasteiger partial charge on any atom is -0.461 e. The third kappa shape index (κ3) is 6.08. The zero-order valence-corrected chi connectivity index (χ0v) is 34.7. The van der Waals surface area contributed by atoms with Gasteiger partial charge in [0.15, 0.2) is 0 Å². The predicted octanol–water partition coefficient (Wildman–Crippen LogP) is 13.6. The fourth-order valence-corrected chi connectivity index (χ4v) is 10.8. The lowest BCUT2D eigenvalue weighted by Crippen LogP contribution is -2.45. The Balaban J connectivity index is 0.952. The summed E-state index contributed by atoms with van der Waals surface area (Å²) in [5, 5.41) is 14.0. The number of hydrogen-bond donors (Lipinski definition) is 2. The van der Waals surface area contributed by atoms with Crippen LogP contribution in [0.5, 0.6) is 0 Å². The van der Waals surface area contributed by atoms with Crippen LogP contribution in [0.2, 0.25) is 0 Å². The average Bonchev–Trinajstić information content (AvgIpc) is 4.03. The molecule has 7 aromatic carbocycles. The Kier molecular flexibility index (Phi) is 8.41. The lowest BCUT2D eigenvalue weighted by Gasteiger charge is -2.36. The molecule has 4 atom stereocenters. The van der Waals surface area contributed by atoms with Crippen molar-refractivity contribution < 1.29 is 8.83 Å². The van der Waals surface area contributed by atoms with Gasteiger partial charge in [0.1, 0.15) is 40.7 Å². The van der Waals surface area contributed by atoms with Gasteiger partial charge in [-0.2, -0.15) is 0 Å². The number of rotatable bonds is 6. The number of aliphatic imine (C=N–C) groups is 1.